The van der Waals surface area contributed by atoms with Crippen molar-refractivity contribution in [3.63, 3.8) is 0 Å². The summed E-state index contributed by atoms with van der Waals surface area (Å²) in [5.41, 5.74) is 1.60. The molecule has 0 unspecified atom stereocenters. The fourth-order valence-electron chi connectivity index (χ4n) is 2.91. The lowest BCUT2D eigenvalue weighted by atomic mass is 10.1. The van der Waals surface area contributed by atoms with Crippen LogP contribution in [-0.2, 0) is 6.54 Å². The van der Waals surface area contributed by atoms with E-state index in [2.05, 4.69) is 15.1 Å². The van der Waals surface area contributed by atoms with Crippen molar-refractivity contribution in [3.8, 4) is 11.3 Å². The molecular formula is C17H14ClN5O2. The Morgan fingerprint density at radius 3 is 2.84 bits per heavy atom. The maximum absolute atomic E-state index is 13.0. The van der Waals surface area contributed by atoms with E-state index in [-0.39, 0.29) is 18.7 Å². The molecule has 7 nitrogen and oxygen atoms in total. The molecular weight excluding hydrogens is 342 g/mol. The van der Waals surface area contributed by atoms with Gasteiger partial charge in [-0.1, -0.05) is 23.7 Å². The summed E-state index contributed by atoms with van der Waals surface area (Å²) in [5.74, 6) is 0.973. The highest BCUT2D eigenvalue weighted by atomic mass is 35.5. The van der Waals surface area contributed by atoms with Crippen molar-refractivity contribution >= 4 is 28.3 Å². The molecule has 0 bridgehead atoms. The zero-order valence-electron chi connectivity index (χ0n) is 13.3. The van der Waals surface area contributed by atoms with Crippen LogP contribution in [0.5, 0.6) is 0 Å². The largest absolute Gasteiger partial charge is 0.395 e. The minimum Gasteiger partial charge on any atom is -0.395 e. The van der Waals surface area contributed by atoms with E-state index in [9.17, 15) is 9.90 Å². The molecule has 0 aliphatic heterocycles. The van der Waals surface area contributed by atoms with Crippen molar-refractivity contribution in [3.05, 3.63) is 57.7 Å². The van der Waals surface area contributed by atoms with Crippen molar-refractivity contribution in [2.24, 2.45) is 0 Å². The predicted octanol–water partition coefficient (Wildman–Crippen LogP) is 2.06. The van der Waals surface area contributed by atoms with Crippen molar-refractivity contribution in [2.75, 3.05) is 6.61 Å². The summed E-state index contributed by atoms with van der Waals surface area (Å²) in [7, 11) is 0. The Labute approximate surface area is 147 Å². The van der Waals surface area contributed by atoms with Crippen LogP contribution in [0.2, 0.25) is 5.02 Å². The maximum atomic E-state index is 13.0. The third-order valence-electron chi connectivity index (χ3n) is 3.95. The zero-order valence-corrected chi connectivity index (χ0v) is 14.1. The minimum atomic E-state index is -0.246. The summed E-state index contributed by atoms with van der Waals surface area (Å²) in [6.45, 7) is 1.85. The molecule has 3 aromatic heterocycles. The van der Waals surface area contributed by atoms with Crippen LogP contribution in [-0.4, -0.2) is 35.9 Å². The summed E-state index contributed by atoms with van der Waals surface area (Å²) < 4.78 is 3.02. The van der Waals surface area contributed by atoms with Crippen LogP contribution >= 0.6 is 11.6 Å². The SMILES string of the molecule is Cc1nc2nc3ccn(CCO)c(=O)c3c(-c3cccc(Cl)c3)n2n1. The molecule has 4 aromatic rings. The molecule has 3 heterocycles. The van der Waals surface area contributed by atoms with Crippen LogP contribution in [0.25, 0.3) is 27.9 Å². The lowest BCUT2D eigenvalue weighted by molar-refractivity contribution is 0.274. The average molecular weight is 356 g/mol. The normalized spacial score (nSPS) is 11.5. The molecule has 0 atom stereocenters. The average Bonchev–Trinajstić information content (AvgIpc) is 2.95. The molecule has 0 saturated carbocycles. The first-order chi connectivity index (χ1) is 12.1. The van der Waals surface area contributed by atoms with Crippen molar-refractivity contribution in [2.45, 2.75) is 13.5 Å². The van der Waals surface area contributed by atoms with E-state index in [1.54, 1.807) is 35.8 Å². The van der Waals surface area contributed by atoms with Crippen LogP contribution < -0.4 is 5.56 Å². The summed E-state index contributed by atoms with van der Waals surface area (Å²) in [6.07, 6.45) is 1.62. The molecule has 0 spiro atoms. The third-order valence-corrected chi connectivity index (χ3v) is 4.18. The fraction of sp³-hybridized carbons (Fsp3) is 0.176. The van der Waals surface area contributed by atoms with Crippen LogP contribution in [0.3, 0.4) is 0 Å². The smallest absolute Gasteiger partial charge is 0.262 e. The molecule has 1 N–H and O–H groups in total. The molecule has 8 heteroatoms. The Morgan fingerprint density at radius 2 is 2.08 bits per heavy atom. The molecule has 4 rings (SSSR count). The Balaban J connectivity index is 2.20. The van der Waals surface area contributed by atoms with E-state index >= 15 is 0 Å². The van der Waals surface area contributed by atoms with Crippen LogP contribution in [0.4, 0.5) is 0 Å². The zero-order chi connectivity index (χ0) is 17.6. The number of nitrogens with zero attached hydrogens (tertiary/aromatic N) is 5. The molecule has 0 saturated heterocycles. The molecule has 0 aliphatic rings. The third kappa shape index (κ3) is 2.57. The van der Waals surface area contributed by atoms with Gasteiger partial charge in [0.25, 0.3) is 11.3 Å². The molecule has 0 radical (unpaired) electrons. The molecule has 0 aliphatic carbocycles. The number of fused-ring (bicyclic) bond motifs is 2. The number of halogens is 1. The van der Waals surface area contributed by atoms with E-state index in [4.69, 9.17) is 11.6 Å². The van der Waals surface area contributed by atoms with Gasteiger partial charge >= 0.3 is 0 Å². The van der Waals surface area contributed by atoms with Gasteiger partial charge in [-0.05, 0) is 25.1 Å². The fourth-order valence-corrected chi connectivity index (χ4v) is 3.10. The van der Waals surface area contributed by atoms with Gasteiger partial charge in [0, 0.05) is 23.3 Å². The summed E-state index contributed by atoms with van der Waals surface area (Å²) in [5, 5.41) is 14.5. The van der Waals surface area contributed by atoms with Crippen molar-refractivity contribution < 1.29 is 5.11 Å². The van der Waals surface area contributed by atoms with Gasteiger partial charge in [0.15, 0.2) is 0 Å². The Hall–Kier alpha value is -2.77. The number of rotatable bonds is 3. The first-order valence-electron chi connectivity index (χ1n) is 7.72. The number of aliphatic hydroxyl groups excluding tert-OH is 1. The lowest BCUT2D eigenvalue weighted by Gasteiger charge is -2.11. The van der Waals surface area contributed by atoms with E-state index in [0.29, 0.717) is 33.2 Å². The second-order valence-corrected chi connectivity index (χ2v) is 6.08. The number of aromatic nitrogens is 5. The number of hydrogen-bond acceptors (Lipinski definition) is 5. The van der Waals surface area contributed by atoms with Gasteiger partial charge in [0.05, 0.1) is 23.2 Å². The second kappa shape index (κ2) is 5.94. The minimum absolute atomic E-state index is 0.129. The summed E-state index contributed by atoms with van der Waals surface area (Å²) in [6, 6.07) is 8.96. The topological polar surface area (TPSA) is 85.3 Å². The van der Waals surface area contributed by atoms with Crippen LogP contribution in [0.15, 0.2) is 41.3 Å². The first kappa shape index (κ1) is 15.7. The van der Waals surface area contributed by atoms with Gasteiger partial charge in [-0.15, -0.1) is 5.10 Å². The van der Waals surface area contributed by atoms with Crippen molar-refractivity contribution in [1.82, 2.24) is 24.1 Å². The van der Waals surface area contributed by atoms with Gasteiger partial charge in [-0.25, -0.2) is 4.98 Å². The second-order valence-electron chi connectivity index (χ2n) is 5.64. The standard InChI is InChI=1S/C17H14ClN5O2/c1-10-19-17-20-13-5-6-22(7-8-24)16(25)14(13)15(23(17)21-10)11-3-2-4-12(18)9-11/h2-6,9,24H,7-8H2,1H3. The maximum Gasteiger partial charge on any atom is 0.262 e. The monoisotopic (exact) mass is 355 g/mol. The van der Waals surface area contributed by atoms with E-state index < -0.39 is 0 Å². The lowest BCUT2D eigenvalue weighted by Crippen LogP contribution is -2.22. The number of aliphatic hydroxyl groups is 1. The van der Waals surface area contributed by atoms with Gasteiger partial charge in [0.1, 0.15) is 5.82 Å². The molecule has 126 valence electrons. The number of hydrogen-bond donors (Lipinski definition) is 1. The van der Waals surface area contributed by atoms with Crippen LogP contribution in [0, 0.1) is 6.92 Å². The number of pyridine rings is 1. The molecule has 0 fully saturated rings. The van der Waals surface area contributed by atoms with Gasteiger partial charge in [0.2, 0.25) is 0 Å². The highest BCUT2D eigenvalue weighted by Crippen LogP contribution is 2.28. The molecule has 1 aromatic carbocycles. The number of benzene rings is 1. The van der Waals surface area contributed by atoms with E-state index in [1.165, 1.54) is 4.57 Å². The number of aryl methyl sites for hydroxylation is 1. The predicted molar refractivity (Wildman–Crippen MR) is 94.8 cm³/mol. The molecule has 25 heavy (non-hydrogen) atoms. The van der Waals surface area contributed by atoms with E-state index in [0.717, 1.165) is 5.56 Å². The van der Waals surface area contributed by atoms with Crippen molar-refractivity contribution in [1.29, 1.82) is 0 Å². The highest BCUT2D eigenvalue weighted by Gasteiger charge is 2.18. The Bertz CT molecular complexity index is 1170. The quantitative estimate of drug-likeness (QED) is 0.608. The van der Waals surface area contributed by atoms with Gasteiger partial charge in [-0.3, -0.25) is 4.79 Å². The molecule has 0 amide bonds. The summed E-state index contributed by atoms with van der Waals surface area (Å²) in [4.78, 5) is 21.7. The Morgan fingerprint density at radius 1 is 1.24 bits per heavy atom. The van der Waals surface area contributed by atoms with Crippen LogP contribution in [0.1, 0.15) is 5.82 Å². The van der Waals surface area contributed by atoms with E-state index in [1.807, 2.05) is 12.1 Å². The first-order valence-corrected chi connectivity index (χ1v) is 8.09. The van der Waals surface area contributed by atoms with Gasteiger partial charge < -0.3 is 9.67 Å². The highest BCUT2D eigenvalue weighted by molar-refractivity contribution is 6.30. The Kier molecular flexibility index (Phi) is 3.74. The van der Waals surface area contributed by atoms with Gasteiger partial charge in [-0.2, -0.15) is 9.50 Å². The summed E-state index contributed by atoms with van der Waals surface area (Å²) >= 11 is 6.15.